The van der Waals surface area contributed by atoms with Crippen molar-refractivity contribution in [3.8, 4) is 33.9 Å². The maximum absolute atomic E-state index is 5.48. The summed E-state index contributed by atoms with van der Waals surface area (Å²) in [4.78, 5) is 12.1. The van der Waals surface area contributed by atoms with E-state index in [1.807, 2.05) is 39.7 Å². The first-order valence-corrected chi connectivity index (χ1v) is 12.8. The number of rotatable bonds is 7. The van der Waals surface area contributed by atoms with Crippen LogP contribution in [0.5, 0.6) is 0 Å². The summed E-state index contributed by atoms with van der Waals surface area (Å²) in [7, 11) is 1.77. The summed E-state index contributed by atoms with van der Waals surface area (Å²) in [5.74, 6) is 1.99. The van der Waals surface area contributed by atoms with Crippen molar-refractivity contribution in [2.45, 2.75) is 26.3 Å². The van der Waals surface area contributed by atoms with Gasteiger partial charge in [0.1, 0.15) is 11.2 Å². The van der Waals surface area contributed by atoms with Gasteiger partial charge >= 0.3 is 0 Å². The van der Waals surface area contributed by atoms with Gasteiger partial charge in [0.25, 0.3) is 0 Å². The number of anilines is 1. The Kier molecular flexibility index (Phi) is 6.18. The molecule has 1 atom stereocenters. The Morgan fingerprint density at radius 3 is 2.57 bits per heavy atom. The Labute approximate surface area is 216 Å². The van der Waals surface area contributed by atoms with Gasteiger partial charge in [-0.2, -0.15) is 5.10 Å². The fourth-order valence-electron chi connectivity index (χ4n) is 5.15. The molecule has 0 N–H and O–H groups in total. The summed E-state index contributed by atoms with van der Waals surface area (Å²) < 4.78 is 9.45. The lowest BCUT2D eigenvalue weighted by atomic mass is 10.0. The lowest BCUT2D eigenvalue weighted by molar-refractivity contribution is 0.161. The first kappa shape index (κ1) is 23.4. The van der Waals surface area contributed by atoms with Crippen LogP contribution in [0, 0.1) is 5.92 Å². The number of aromatic nitrogens is 6. The third-order valence-electron chi connectivity index (χ3n) is 6.97. The SMILES string of the molecule is COC[C@@H]1CCN(c2nc(-c3ccccn3)nn3cc(-c4ccn(C(C)C)n4)c(-c4ccccc4)c23)C1. The van der Waals surface area contributed by atoms with Gasteiger partial charge in [0.15, 0.2) is 5.82 Å². The topological polar surface area (TPSA) is 73.4 Å². The molecule has 0 spiro atoms. The molecule has 37 heavy (non-hydrogen) atoms. The highest BCUT2D eigenvalue weighted by atomic mass is 16.5. The van der Waals surface area contributed by atoms with Crippen molar-refractivity contribution in [2.75, 3.05) is 31.7 Å². The van der Waals surface area contributed by atoms with Crippen LogP contribution in [0.3, 0.4) is 0 Å². The van der Waals surface area contributed by atoms with Gasteiger partial charge in [0.2, 0.25) is 5.82 Å². The third kappa shape index (κ3) is 4.38. The van der Waals surface area contributed by atoms with Gasteiger partial charge in [-0.1, -0.05) is 36.4 Å². The maximum atomic E-state index is 5.48. The Hall–Kier alpha value is -4.04. The second-order valence-electron chi connectivity index (χ2n) is 9.88. The van der Waals surface area contributed by atoms with Gasteiger partial charge in [0.05, 0.1) is 12.3 Å². The zero-order valence-corrected chi connectivity index (χ0v) is 21.5. The molecule has 0 aliphatic carbocycles. The predicted molar refractivity (Wildman–Crippen MR) is 145 cm³/mol. The zero-order valence-electron chi connectivity index (χ0n) is 21.5. The Balaban J connectivity index is 1.62. The van der Waals surface area contributed by atoms with E-state index in [-0.39, 0.29) is 6.04 Å². The molecule has 0 radical (unpaired) electrons. The molecule has 0 bridgehead atoms. The van der Waals surface area contributed by atoms with Crippen LogP contribution in [0.1, 0.15) is 26.3 Å². The van der Waals surface area contributed by atoms with Crippen LogP contribution in [-0.4, -0.2) is 56.2 Å². The highest BCUT2D eigenvalue weighted by molar-refractivity contribution is 5.98. The fraction of sp³-hybridized carbons (Fsp3) is 0.310. The van der Waals surface area contributed by atoms with Gasteiger partial charge in [-0.25, -0.2) is 9.50 Å². The number of hydrogen-bond acceptors (Lipinski definition) is 6. The summed E-state index contributed by atoms with van der Waals surface area (Å²) in [6.07, 6.45) is 6.97. The monoisotopic (exact) mass is 493 g/mol. The summed E-state index contributed by atoms with van der Waals surface area (Å²) in [6, 6.07) is 18.7. The normalized spacial score (nSPS) is 15.8. The van der Waals surface area contributed by atoms with Gasteiger partial charge < -0.3 is 9.64 Å². The predicted octanol–water partition coefficient (Wildman–Crippen LogP) is 5.38. The van der Waals surface area contributed by atoms with E-state index in [0.717, 1.165) is 65.5 Å². The molecule has 8 heteroatoms. The average molecular weight is 494 g/mol. The van der Waals surface area contributed by atoms with E-state index in [1.165, 1.54) is 0 Å². The van der Waals surface area contributed by atoms with Gasteiger partial charge in [0, 0.05) is 61.9 Å². The van der Waals surface area contributed by atoms with Crippen LogP contribution in [0.25, 0.3) is 39.4 Å². The molecule has 0 saturated carbocycles. The molecular formula is C29H31N7O. The quantitative estimate of drug-likeness (QED) is 0.303. The molecule has 5 heterocycles. The highest BCUT2D eigenvalue weighted by Gasteiger charge is 2.29. The van der Waals surface area contributed by atoms with Crippen molar-refractivity contribution in [3.63, 3.8) is 0 Å². The lowest BCUT2D eigenvalue weighted by Gasteiger charge is -2.20. The number of ether oxygens (including phenoxy) is 1. The number of fused-ring (bicyclic) bond motifs is 1. The standard InChI is InChI=1S/C29H31N7O/c1-20(2)35-16-13-24(32-35)23-18-36-27(26(23)22-9-5-4-6-10-22)29(34-15-12-21(17-34)19-37-3)31-28(33-36)25-11-7-8-14-30-25/h4-11,13-14,16,18,20-21H,12,15,17,19H2,1-3H3/t21-/m1/s1. The molecule has 1 fully saturated rings. The van der Waals surface area contributed by atoms with Gasteiger partial charge in [-0.3, -0.25) is 9.67 Å². The number of benzene rings is 1. The molecule has 1 aliphatic heterocycles. The van der Waals surface area contributed by atoms with Crippen LogP contribution in [0.15, 0.2) is 73.2 Å². The van der Waals surface area contributed by atoms with Crippen LogP contribution >= 0.6 is 0 Å². The minimum Gasteiger partial charge on any atom is -0.384 e. The smallest absolute Gasteiger partial charge is 0.200 e. The van der Waals surface area contributed by atoms with E-state index in [2.05, 4.69) is 60.3 Å². The molecule has 1 aliphatic rings. The Morgan fingerprint density at radius 2 is 1.84 bits per heavy atom. The molecular weight excluding hydrogens is 462 g/mol. The lowest BCUT2D eigenvalue weighted by Crippen LogP contribution is -2.23. The van der Waals surface area contributed by atoms with E-state index in [9.17, 15) is 0 Å². The molecule has 0 unspecified atom stereocenters. The zero-order chi connectivity index (χ0) is 25.4. The summed E-state index contributed by atoms with van der Waals surface area (Å²) in [6.45, 7) is 6.82. The third-order valence-corrected chi connectivity index (χ3v) is 6.97. The van der Waals surface area contributed by atoms with Crippen molar-refractivity contribution in [2.24, 2.45) is 5.92 Å². The molecule has 1 saturated heterocycles. The largest absolute Gasteiger partial charge is 0.384 e. The van der Waals surface area contributed by atoms with Gasteiger partial charge in [-0.05, 0) is 44.0 Å². The number of pyridine rings is 1. The first-order chi connectivity index (χ1) is 18.1. The molecule has 188 valence electrons. The van der Waals surface area contributed by atoms with Crippen molar-refractivity contribution in [1.82, 2.24) is 29.4 Å². The van der Waals surface area contributed by atoms with Crippen molar-refractivity contribution in [3.05, 3.63) is 73.2 Å². The van der Waals surface area contributed by atoms with Crippen molar-refractivity contribution in [1.29, 1.82) is 0 Å². The van der Waals surface area contributed by atoms with Crippen LogP contribution in [0.2, 0.25) is 0 Å². The number of methoxy groups -OCH3 is 1. The first-order valence-electron chi connectivity index (χ1n) is 12.8. The molecule has 8 nitrogen and oxygen atoms in total. The minimum absolute atomic E-state index is 0.277. The Morgan fingerprint density at radius 1 is 1.00 bits per heavy atom. The fourth-order valence-corrected chi connectivity index (χ4v) is 5.15. The second-order valence-corrected chi connectivity index (χ2v) is 9.88. The van der Waals surface area contributed by atoms with Crippen molar-refractivity contribution < 1.29 is 4.74 Å². The molecule has 6 rings (SSSR count). The molecule has 1 aromatic carbocycles. The minimum atomic E-state index is 0.277. The Bertz CT molecular complexity index is 1510. The highest BCUT2D eigenvalue weighted by Crippen LogP contribution is 2.41. The van der Waals surface area contributed by atoms with E-state index in [4.69, 9.17) is 19.9 Å². The van der Waals surface area contributed by atoms with E-state index in [0.29, 0.717) is 11.7 Å². The maximum Gasteiger partial charge on any atom is 0.200 e. The molecule has 5 aromatic rings. The van der Waals surface area contributed by atoms with E-state index in [1.54, 1.807) is 13.3 Å². The average Bonchev–Trinajstić information content (AvgIpc) is 3.68. The summed E-state index contributed by atoms with van der Waals surface area (Å²) >= 11 is 0. The van der Waals surface area contributed by atoms with E-state index < -0.39 is 0 Å². The number of hydrogen-bond donors (Lipinski definition) is 0. The molecule has 0 amide bonds. The van der Waals surface area contributed by atoms with Crippen LogP contribution in [-0.2, 0) is 4.74 Å². The van der Waals surface area contributed by atoms with Crippen LogP contribution in [0.4, 0.5) is 5.82 Å². The van der Waals surface area contributed by atoms with E-state index >= 15 is 0 Å². The molecule has 4 aromatic heterocycles. The number of nitrogens with zero attached hydrogens (tertiary/aromatic N) is 7. The second kappa shape index (κ2) is 9.78. The van der Waals surface area contributed by atoms with Gasteiger partial charge in [-0.15, -0.1) is 5.10 Å². The van der Waals surface area contributed by atoms with Crippen LogP contribution < -0.4 is 4.90 Å². The summed E-state index contributed by atoms with van der Waals surface area (Å²) in [5, 5.41) is 9.88. The van der Waals surface area contributed by atoms with Crippen molar-refractivity contribution >= 4 is 11.3 Å². The summed E-state index contributed by atoms with van der Waals surface area (Å²) in [5.41, 5.74) is 5.89.